The zero-order valence-corrected chi connectivity index (χ0v) is 11.8. The minimum absolute atomic E-state index is 0.0448. The molecule has 0 unspecified atom stereocenters. The second-order valence-corrected chi connectivity index (χ2v) is 5.28. The van der Waals surface area contributed by atoms with Crippen LogP contribution in [0.5, 0.6) is 0 Å². The molecule has 2 atom stereocenters. The van der Waals surface area contributed by atoms with Crippen molar-refractivity contribution in [3.05, 3.63) is 71.5 Å². The quantitative estimate of drug-likeness (QED) is 0.904. The van der Waals surface area contributed by atoms with Crippen LogP contribution < -0.4 is 0 Å². The highest BCUT2D eigenvalue weighted by molar-refractivity contribution is 5.27. The van der Waals surface area contributed by atoms with Gasteiger partial charge in [-0.05, 0) is 37.4 Å². The molecule has 2 nitrogen and oxygen atoms in total. The van der Waals surface area contributed by atoms with Gasteiger partial charge in [0.1, 0.15) is 5.82 Å². The summed E-state index contributed by atoms with van der Waals surface area (Å²) in [5.74, 6) is -0.332. The first-order valence-corrected chi connectivity index (χ1v) is 6.71. The van der Waals surface area contributed by atoms with Crippen molar-refractivity contribution in [1.29, 1.82) is 0 Å². The maximum atomic E-state index is 13.0. The molecule has 1 N–H and O–H groups in total. The van der Waals surface area contributed by atoms with Crippen molar-refractivity contribution in [2.24, 2.45) is 0 Å². The van der Waals surface area contributed by atoms with Gasteiger partial charge in [0, 0.05) is 12.5 Å². The summed E-state index contributed by atoms with van der Waals surface area (Å²) in [4.78, 5) is 2.05. The average Bonchev–Trinajstić information content (AvgIpc) is 2.45. The number of aliphatic hydroxyl groups excluding tert-OH is 1. The molecular formula is C17H20FNO. The van der Waals surface area contributed by atoms with Gasteiger partial charge in [-0.2, -0.15) is 0 Å². The summed E-state index contributed by atoms with van der Waals surface area (Å²) in [5.41, 5.74) is 1.82. The van der Waals surface area contributed by atoms with Gasteiger partial charge in [0.2, 0.25) is 0 Å². The van der Waals surface area contributed by atoms with Crippen LogP contribution in [0.4, 0.5) is 4.39 Å². The van der Waals surface area contributed by atoms with Crippen molar-refractivity contribution in [1.82, 2.24) is 4.90 Å². The van der Waals surface area contributed by atoms with Crippen LogP contribution in [0, 0.1) is 5.82 Å². The molecule has 3 heteroatoms. The normalized spacial score (nSPS) is 14.2. The summed E-state index contributed by atoms with van der Waals surface area (Å²) in [6, 6.07) is 16.0. The Morgan fingerprint density at radius 1 is 0.950 bits per heavy atom. The summed E-state index contributed by atoms with van der Waals surface area (Å²) in [6.07, 6.45) is -0.652. The van der Waals surface area contributed by atoms with Gasteiger partial charge in [-0.25, -0.2) is 4.39 Å². The Labute approximate surface area is 119 Å². The molecule has 106 valence electrons. The number of aliphatic hydroxyl groups is 1. The number of likely N-dealkylation sites (N-methyl/N-ethyl adjacent to an activating group) is 1. The molecule has 0 bridgehead atoms. The largest absolute Gasteiger partial charge is 0.388 e. The Morgan fingerprint density at radius 2 is 1.55 bits per heavy atom. The van der Waals surface area contributed by atoms with Gasteiger partial charge >= 0.3 is 0 Å². The van der Waals surface area contributed by atoms with Crippen LogP contribution in [-0.2, 0) is 0 Å². The molecule has 0 amide bonds. The molecule has 0 spiro atoms. The third-order valence-electron chi connectivity index (χ3n) is 3.38. The smallest absolute Gasteiger partial charge is 0.123 e. The van der Waals surface area contributed by atoms with E-state index in [-0.39, 0.29) is 11.7 Å². The molecule has 0 saturated carbocycles. The van der Waals surface area contributed by atoms with Crippen molar-refractivity contribution >= 4 is 0 Å². The molecule has 20 heavy (non-hydrogen) atoms. The van der Waals surface area contributed by atoms with Crippen molar-refractivity contribution in [2.75, 3.05) is 20.6 Å². The Hall–Kier alpha value is -1.71. The first kappa shape index (κ1) is 14.7. The van der Waals surface area contributed by atoms with Crippen LogP contribution in [0.25, 0.3) is 0 Å². The van der Waals surface area contributed by atoms with E-state index in [2.05, 4.69) is 0 Å². The molecule has 0 saturated heterocycles. The standard InChI is InChI=1S/C17H20FNO/c1-19(2)12-16(13-6-4-3-5-7-13)17(20)14-8-10-15(18)11-9-14/h3-11,16-17,20H,12H2,1-2H3/t16-,17+/m1/s1. The maximum absolute atomic E-state index is 13.0. The minimum atomic E-state index is -0.652. The van der Waals surface area contributed by atoms with Crippen molar-refractivity contribution in [3.8, 4) is 0 Å². The number of hydrogen-bond acceptors (Lipinski definition) is 2. The van der Waals surface area contributed by atoms with E-state index >= 15 is 0 Å². The Kier molecular flexibility index (Phi) is 4.88. The van der Waals surface area contributed by atoms with E-state index in [0.29, 0.717) is 0 Å². The SMILES string of the molecule is CN(C)C[C@H](c1ccccc1)[C@@H](O)c1ccc(F)cc1. The lowest BCUT2D eigenvalue weighted by molar-refractivity contribution is 0.128. The van der Waals surface area contributed by atoms with Crippen LogP contribution in [0.15, 0.2) is 54.6 Å². The number of benzene rings is 2. The van der Waals surface area contributed by atoms with Gasteiger partial charge in [-0.15, -0.1) is 0 Å². The molecule has 2 aromatic rings. The molecule has 2 rings (SSSR count). The van der Waals surface area contributed by atoms with Crippen LogP contribution in [0.1, 0.15) is 23.1 Å². The highest BCUT2D eigenvalue weighted by atomic mass is 19.1. The van der Waals surface area contributed by atoms with Gasteiger partial charge in [0.05, 0.1) is 6.10 Å². The molecule has 0 radical (unpaired) electrons. The maximum Gasteiger partial charge on any atom is 0.123 e. The molecule has 2 aromatic carbocycles. The average molecular weight is 273 g/mol. The van der Waals surface area contributed by atoms with Crippen LogP contribution >= 0.6 is 0 Å². The van der Waals surface area contributed by atoms with E-state index in [1.165, 1.54) is 12.1 Å². The number of halogens is 1. The molecule has 0 aliphatic heterocycles. The number of hydrogen-bond donors (Lipinski definition) is 1. The first-order valence-electron chi connectivity index (χ1n) is 6.71. The van der Waals surface area contributed by atoms with E-state index in [1.807, 2.05) is 49.3 Å². The Morgan fingerprint density at radius 3 is 2.10 bits per heavy atom. The van der Waals surface area contributed by atoms with E-state index in [1.54, 1.807) is 12.1 Å². The molecule has 0 aliphatic carbocycles. The Bertz CT molecular complexity index is 524. The highest BCUT2D eigenvalue weighted by Crippen LogP contribution is 2.31. The van der Waals surface area contributed by atoms with E-state index < -0.39 is 6.10 Å². The van der Waals surface area contributed by atoms with Crippen LogP contribution in [-0.4, -0.2) is 30.6 Å². The summed E-state index contributed by atoms with van der Waals surface area (Å²) < 4.78 is 13.0. The summed E-state index contributed by atoms with van der Waals surface area (Å²) in [6.45, 7) is 0.725. The van der Waals surface area contributed by atoms with Crippen LogP contribution in [0.3, 0.4) is 0 Å². The van der Waals surface area contributed by atoms with E-state index in [9.17, 15) is 9.50 Å². The summed E-state index contributed by atoms with van der Waals surface area (Å²) >= 11 is 0. The second kappa shape index (κ2) is 6.64. The summed E-state index contributed by atoms with van der Waals surface area (Å²) in [7, 11) is 3.96. The lowest BCUT2D eigenvalue weighted by Crippen LogP contribution is -2.25. The first-order chi connectivity index (χ1) is 9.58. The van der Waals surface area contributed by atoms with Gasteiger partial charge in [0.25, 0.3) is 0 Å². The van der Waals surface area contributed by atoms with Gasteiger partial charge in [0.15, 0.2) is 0 Å². The lowest BCUT2D eigenvalue weighted by Gasteiger charge is -2.26. The predicted octanol–water partition coefficient (Wildman–Crippen LogP) is 3.20. The molecule has 0 aliphatic rings. The molecule has 0 aromatic heterocycles. The fourth-order valence-electron chi connectivity index (χ4n) is 2.37. The third-order valence-corrected chi connectivity index (χ3v) is 3.38. The third kappa shape index (κ3) is 3.65. The number of nitrogens with zero attached hydrogens (tertiary/aromatic N) is 1. The molecular weight excluding hydrogens is 253 g/mol. The highest BCUT2D eigenvalue weighted by Gasteiger charge is 2.23. The predicted molar refractivity (Wildman–Crippen MR) is 79.1 cm³/mol. The molecule has 0 heterocycles. The fraction of sp³-hybridized carbons (Fsp3) is 0.294. The van der Waals surface area contributed by atoms with Crippen molar-refractivity contribution in [3.63, 3.8) is 0 Å². The molecule has 0 fully saturated rings. The monoisotopic (exact) mass is 273 g/mol. The van der Waals surface area contributed by atoms with Gasteiger partial charge in [-0.1, -0.05) is 42.5 Å². The second-order valence-electron chi connectivity index (χ2n) is 5.28. The zero-order chi connectivity index (χ0) is 14.5. The van der Waals surface area contributed by atoms with E-state index in [0.717, 1.165) is 17.7 Å². The Balaban J connectivity index is 2.28. The van der Waals surface area contributed by atoms with Crippen molar-refractivity contribution in [2.45, 2.75) is 12.0 Å². The number of rotatable bonds is 5. The van der Waals surface area contributed by atoms with Gasteiger partial charge in [-0.3, -0.25) is 0 Å². The lowest BCUT2D eigenvalue weighted by atomic mass is 9.89. The topological polar surface area (TPSA) is 23.5 Å². The van der Waals surface area contributed by atoms with Gasteiger partial charge < -0.3 is 10.0 Å². The summed E-state index contributed by atoms with van der Waals surface area (Å²) in [5, 5.41) is 10.6. The minimum Gasteiger partial charge on any atom is -0.388 e. The zero-order valence-electron chi connectivity index (χ0n) is 11.8. The van der Waals surface area contributed by atoms with Crippen LogP contribution in [0.2, 0.25) is 0 Å². The fourth-order valence-corrected chi connectivity index (χ4v) is 2.37. The van der Waals surface area contributed by atoms with E-state index in [4.69, 9.17) is 0 Å². The van der Waals surface area contributed by atoms with Crippen molar-refractivity contribution < 1.29 is 9.50 Å².